The van der Waals surface area contributed by atoms with Crippen molar-refractivity contribution in [1.29, 1.82) is 0 Å². The topological polar surface area (TPSA) is 617 Å². The van der Waals surface area contributed by atoms with Gasteiger partial charge in [0.15, 0.2) is 0 Å². The van der Waals surface area contributed by atoms with Crippen molar-refractivity contribution in [2.75, 3.05) is 51.0 Å². The molecule has 3 unspecified atom stereocenters. The maximum Gasteiger partial charge on any atom is 0.411 e. The number of pyridine rings is 2. The van der Waals surface area contributed by atoms with Crippen molar-refractivity contribution in [2.45, 2.75) is 183 Å². The quantitative estimate of drug-likeness (QED) is 0.0144. The second kappa shape index (κ2) is 45.0. The van der Waals surface area contributed by atoms with Crippen molar-refractivity contribution < 1.29 is 107 Å². The average Bonchev–Trinajstić information content (AvgIpc) is 1.64. The highest BCUT2D eigenvalue weighted by atomic mass is 33.1. The Kier molecular flexibility index (Phi) is 34.3. The number of aliphatic hydroxyl groups excluding tert-OH is 5. The standard InChI is InChI=1S/C85H105N17O23S2/c1-5-7-20-57(92-77(116)62(39-104)89-67(109)38-101(29-30-103)84(123)125-85(6-2)54-35-66-70-50(33-48-18-11-13-21-55(48)90-70)37-102(66)82(121)53(54)41-124-83(85)122)72(111)93-60(32-47-24-26-51(108)27-25-47)75(114)96-63(40-105)78(117)97-64-42-126-127-43-65(80(119)99-68(44(3)106)71(87)110)98-81(120)69(45(4)107)100-73(112)58(23-15-28-86)91-76(115)61(34-49-36-88-56-22-14-12-19-52(49)56)95-74(113)59(94-79(64)118)31-46-16-9-8-10-17-46/h8-14,16-19,21-22,24-27,33,35-36,44-45,57-65,68-69,88,103-108H,5-7,15,20,23,28-32,34,37-43,86H2,1-4H3,(H2,87,110)(H,89,109)(H,91,115)(H,92,116)(H,93,111)(H,94,118)(H,95,113)(H,96,114)(H,97,117)(H,98,120)(H,99,119)(H,100,112)/t44-,45-,57+,58+,59?,60-,61-,62-,63-,64?,65-,68+,69?,85+/m1/s1. The van der Waals surface area contributed by atoms with Crippen LogP contribution in [0.4, 0.5) is 4.79 Å². The summed E-state index contributed by atoms with van der Waals surface area (Å²) >= 11 is 0. The van der Waals surface area contributed by atoms with Crippen LogP contribution in [0.3, 0.4) is 0 Å². The number of unbranched alkanes of at least 4 members (excludes halogenated alkanes) is 1. The number of ether oxygens (including phenoxy) is 2. The molecule has 0 bridgehead atoms. The first kappa shape index (κ1) is 96.6. The second-order valence-corrected chi connectivity index (χ2v) is 33.4. The van der Waals surface area contributed by atoms with Gasteiger partial charge in [-0.05, 0) is 99.2 Å². The van der Waals surface area contributed by atoms with Crippen LogP contribution < -0.4 is 75.5 Å². The van der Waals surface area contributed by atoms with Crippen molar-refractivity contribution in [2.24, 2.45) is 11.5 Å². The number of fused-ring (bicyclic) bond motifs is 6. The highest BCUT2D eigenvalue weighted by Crippen LogP contribution is 2.42. The maximum absolute atomic E-state index is 15.3. The number of aromatic nitrogens is 3. The van der Waals surface area contributed by atoms with E-state index < -0.39 is 230 Å². The molecule has 6 heterocycles. The zero-order valence-corrected chi connectivity index (χ0v) is 71.6. The Morgan fingerprint density at radius 3 is 1.99 bits per heavy atom. The smallest absolute Gasteiger partial charge is 0.411 e. The van der Waals surface area contributed by atoms with E-state index in [0.29, 0.717) is 55.8 Å². The fraction of sp³-hybridized carbons (Fsp3) is 0.435. The first-order valence-corrected chi connectivity index (χ1v) is 43.8. The van der Waals surface area contributed by atoms with Crippen LogP contribution in [-0.4, -0.2) is 263 Å². The number of carbonyl (C=O) groups is 14. The third-order valence-electron chi connectivity index (χ3n) is 21.7. The molecule has 42 heteroatoms. The number of phenols is 1. The Hall–Kier alpha value is -12.6. The molecule has 0 saturated carbocycles. The maximum atomic E-state index is 15.3. The normalized spacial score (nSPS) is 20.3. The summed E-state index contributed by atoms with van der Waals surface area (Å²) in [6, 6.07) is 12.2. The number of esters is 1. The van der Waals surface area contributed by atoms with E-state index in [-0.39, 0.29) is 80.5 Å². The number of benzene rings is 4. The molecule has 22 N–H and O–H groups in total. The number of hydrogen-bond acceptors (Lipinski definition) is 27. The Bertz CT molecular complexity index is 5250. The highest BCUT2D eigenvalue weighted by Gasteiger charge is 2.52. The van der Waals surface area contributed by atoms with Crippen molar-refractivity contribution in [3.63, 3.8) is 0 Å². The number of H-pyrrole nitrogens is 1. The summed E-state index contributed by atoms with van der Waals surface area (Å²) in [4.78, 5) is 225. The number of primary amides is 1. The number of aliphatic hydroxyl groups is 5. The van der Waals surface area contributed by atoms with E-state index in [1.54, 1.807) is 79.9 Å². The molecular formula is C85H105N17O23S2. The summed E-state index contributed by atoms with van der Waals surface area (Å²) < 4.78 is 12.9. The van der Waals surface area contributed by atoms with Gasteiger partial charge >= 0.3 is 12.1 Å². The summed E-state index contributed by atoms with van der Waals surface area (Å²) in [6.45, 7) is 0.529. The largest absolute Gasteiger partial charge is 0.508 e. The van der Waals surface area contributed by atoms with Gasteiger partial charge in [0.05, 0.1) is 61.0 Å². The zero-order valence-electron chi connectivity index (χ0n) is 69.9. The van der Waals surface area contributed by atoms with Crippen LogP contribution in [0.1, 0.15) is 99.6 Å². The van der Waals surface area contributed by atoms with Crippen molar-refractivity contribution >= 4 is 126 Å². The molecule has 0 aliphatic carbocycles. The number of cyclic esters (lactones) is 1. The fourth-order valence-electron chi connectivity index (χ4n) is 14.7. The monoisotopic (exact) mass is 1800 g/mol. The molecule has 14 atom stereocenters. The number of aromatic amines is 1. The fourth-order valence-corrected chi connectivity index (χ4v) is 17.0. The lowest BCUT2D eigenvalue weighted by molar-refractivity contribution is -0.173. The summed E-state index contributed by atoms with van der Waals surface area (Å²) in [7, 11) is 1.53. The minimum atomic E-state index is -2.27. The molecule has 4 aromatic carbocycles. The molecule has 1 saturated heterocycles. The number of nitrogens with one attached hydrogen (secondary N) is 12. The van der Waals surface area contributed by atoms with Crippen LogP contribution in [0.5, 0.6) is 5.75 Å². The van der Waals surface area contributed by atoms with Crippen molar-refractivity contribution in [3.8, 4) is 17.1 Å². The van der Waals surface area contributed by atoms with Gasteiger partial charge in [0.1, 0.15) is 85.4 Å². The molecule has 3 aliphatic rings. The minimum Gasteiger partial charge on any atom is -0.508 e. The number of phenolic OH excluding ortho intramolecular Hbond substituents is 1. The summed E-state index contributed by atoms with van der Waals surface area (Å²) in [5, 5.41) is 92.8. The summed E-state index contributed by atoms with van der Waals surface area (Å²) in [5.74, 6) is -15.6. The molecule has 1 fully saturated rings. The molecule has 0 radical (unpaired) electrons. The number of hydrogen-bond donors (Lipinski definition) is 20. The van der Waals surface area contributed by atoms with E-state index in [2.05, 4.69) is 63.5 Å². The van der Waals surface area contributed by atoms with Gasteiger partial charge in [-0.25, -0.2) is 14.6 Å². The molecule has 40 nitrogen and oxygen atoms in total. The molecule has 7 aromatic rings. The molecule has 10 rings (SSSR count). The van der Waals surface area contributed by atoms with E-state index in [1.807, 2.05) is 18.2 Å². The Balaban J connectivity index is 0.890. The van der Waals surface area contributed by atoms with Crippen LogP contribution in [0.15, 0.2) is 126 Å². The minimum absolute atomic E-state index is 0.00143. The van der Waals surface area contributed by atoms with E-state index in [1.165, 1.54) is 41.8 Å². The third kappa shape index (κ3) is 24.6. The number of carbonyl (C=O) groups excluding carboxylic acids is 14. The first-order chi connectivity index (χ1) is 60.8. The average molecular weight is 1800 g/mol. The Labute approximate surface area is 735 Å². The lowest BCUT2D eigenvalue weighted by Crippen LogP contribution is -2.63. The van der Waals surface area contributed by atoms with Gasteiger partial charge in [-0.2, -0.15) is 0 Å². The van der Waals surface area contributed by atoms with E-state index >= 15 is 9.59 Å². The van der Waals surface area contributed by atoms with Crippen molar-refractivity contribution in [3.05, 3.63) is 165 Å². The van der Waals surface area contributed by atoms with Gasteiger partial charge in [-0.3, -0.25) is 67.2 Å². The van der Waals surface area contributed by atoms with Crippen LogP contribution in [0.2, 0.25) is 0 Å². The number of nitrogens with zero attached hydrogens (tertiary/aromatic N) is 3. The van der Waals surface area contributed by atoms with Gasteiger partial charge in [-0.1, -0.05) is 127 Å². The predicted octanol–water partition coefficient (Wildman–Crippen LogP) is -2.68. The number of amides is 13. The van der Waals surface area contributed by atoms with Crippen LogP contribution in [-0.2, 0) is 110 Å². The molecule has 13 amide bonds. The SMILES string of the molecule is CCCC[C@H](NC(=O)[C@@H](CO)NC(=O)CN(CCO)C(=O)O[C@]1(CC)C(=O)OCc2c1cc1n(c2=O)Cc2cc3ccccc3nc2-1)C(=O)N[C@H](Cc1ccc(O)cc1)C(=O)N[C@H](CO)C(=O)NC1CSSC[C@H](C(=O)N[C@H](C(N)=O)[C@@H](C)O)NC(=O)C([C@@H](C)O)NC(=O)[C@H](CCCN)NC(=O)[C@@H](Cc2c[nH]c3ccccc23)NC(=O)C(Cc2ccccc2)NC1=O. The third-order valence-corrected chi connectivity index (χ3v) is 24.1. The molecule has 0 spiro atoms. The number of rotatable bonds is 34. The number of nitrogens with two attached hydrogens (primary N) is 2. The van der Waals surface area contributed by atoms with Gasteiger partial charge < -0.3 is 120 Å². The van der Waals surface area contributed by atoms with E-state index in [9.17, 15) is 93.0 Å². The zero-order chi connectivity index (χ0) is 91.9. The lowest BCUT2D eigenvalue weighted by Gasteiger charge is -2.37. The lowest BCUT2D eigenvalue weighted by atomic mass is 9.85. The first-order valence-electron chi connectivity index (χ1n) is 41.3. The Morgan fingerprint density at radius 2 is 1.31 bits per heavy atom. The molecule has 3 aliphatic heterocycles. The van der Waals surface area contributed by atoms with Crippen molar-refractivity contribution in [1.82, 2.24) is 77.9 Å². The predicted molar refractivity (Wildman–Crippen MR) is 462 cm³/mol. The van der Waals surface area contributed by atoms with Gasteiger partial charge in [-0.15, -0.1) is 0 Å². The Morgan fingerprint density at radius 1 is 0.685 bits per heavy atom. The molecule has 3 aromatic heterocycles. The number of para-hydroxylation sites is 2. The van der Waals surface area contributed by atoms with Gasteiger partial charge in [0.25, 0.3) is 5.56 Å². The summed E-state index contributed by atoms with van der Waals surface area (Å²) in [6.07, 6.45) is -3.85. The second-order valence-electron chi connectivity index (χ2n) is 30.9. The highest BCUT2D eigenvalue weighted by molar-refractivity contribution is 8.76. The molecule has 127 heavy (non-hydrogen) atoms. The van der Waals surface area contributed by atoms with Crippen LogP contribution in [0.25, 0.3) is 33.2 Å². The van der Waals surface area contributed by atoms with Crippen LogP contribution >= 0.6 is 21.6 Å². The van der Waals surface area contributed by atoms with E-state index in [0.717, 1.165) is 40.8 Å². The van der Waals surface area contributed by atoms with Gasteiger partial charge in [0, 0.05) is 70.9 Å². The number of aromatic hydroxyl groups is 1. The van der Waals surface area contributed by atoms with E-state index in [4.69, 9.17) is 25.9 Å². The van der Waals surface area contributed by atoms with Gasteiger partial charge in [0.2, 0.25) is 76.5 Å². The molecule has 680 valence electrons. The summed E-state index contributed by atoms with van der Waals surface area (Å²) in [5.41, 5.74) is 12.7. The molecular weight excluding hydrogens is 1690 g/mol. The van der Waals surface area contributed by atoms with Crippen LogP contribution in [0, 0.1) is 0 Å².